The van der Waals surface area contributed by atoms with Gasteiger partial charge in [-0.25, -0.2) is 13.2 Å². The first-order chi connectivity index (χ1) is 9.79. The van der Waals surface area contributed by atoms with Gasteiger partial charge in [0.15, 0.2) is 0 Å². The number of benzene rings is 1. The molecular weight excluding hydrogens is 294 g/mol. The van der Waals surface area contributed by atoms with Gasteiger partial charge in [0.2, 0.25) is 10.0 Å². The number of rotatable bonds is 5. The van der Waals surface area contributed by atoms with Crippen molar-refractivity contribution in [2.75, 3.05) is 20.2 Å². The number of hydrogen-bond acceptors (Lipinski definition) is 5. The molecule has 7 heteroatoms. The maximum absolute atomic E-state index is 12.2. The van der Waals surface area contributed by atoms with E-state index in [1.165, 1.54) is 17.5 Å². The number of nitrogens with zero attached hydrogens (tertiary/aromatic N) is 1. The van der Waals surface area contributed by atoms with Gasteiger partial charge in [0, 0.05) is 13.1 Å². The highest BCUT2D eigenvalue weighted by molar-refractivity contribution is 7.88. The molecule has 1 aromatic rings. The summed E-state index contributed by atoms with van der Waals surface area (Å²) in [5.74, 6) is -0.698. The standard InChI is InChI=1S/C14H19NO5S/c1-3-14(17)9-15(10-14)21(18,19)8-11-5-4-6-12(7-11)13(16)20-2/h4-7,17H,3,8-10H2,1-2H3. The Balaban J connectivity index is 2.10. The SMILES string of the molecule is CCC1(O)CN(S(=O)(=O)Cc2cccc(C(=O)OC)c2)C1. The molecule has 0 radical (unpaired) electrons. The van der Waals surface area contributed by atoms with Crippen molar-refractivity contribution in [3.8, 4) is 0 Å². The third-order valence-electron chi connectivity index (χ3n) is 3.69. The van der Waals surface area contributed by atoms with Crippen LogP contribution < -0.4 is 0 Å². The van der Waals surface area contributed by atoms with E-state index in [0.717, 1.165) is 0 Å². The Morgan fingerprint density at radius 3 is 2.67 bits per heavy atom. The molecule has 0 bridgehead atoms. The van der Waals surface area contributed by atoms with Crippen molar-refractivity contribution in [2.45, 2.75) is 24.7 Å². The molecule has 116 valence electrons. The summed E-state index contributed by atoms with van der Waals surface area (Å²) in [7, 11) is -2.21. The summed E-state index contributed by atoms with van der Waals surface area (Å²) < 4.78 is 30.3. The number of esters is 1. The predicted molar refractivity (Wildman–Crippen MR) is 77.2 cm³/mol. The lowest BCUT2D eigenvalue weighted by atomic mass is 9.94. The molecule has 0 unspecified atom stereocenters. The van der Waals surface area contributed by atoms with Crippen LogP contribution in [0.25, 0.3) is 0 Å². The van der Waals surface area contributed by atoms with Crippen LogP contribution in [0.15, 0.2) is 24.3 Å². The summed E-state index contributed by atoms with van der Waals surface area (Å²) in [6.07, 6.45) is 0.525. The maximum Gasteiger partial charge on any atom is 0.337 e. The molecule has 0 saturated carbocycles. The van der Waals surface area contributed by atoms with Gasteiger partial charge in [-0.3, -0.25) is 0 Å². The first-order valence-electron chi connectivity index (χ1n) is 6.67. The van der Waals surface area contributed by atoms with Crippen molar-refractivity contribution in [3.05, 3.63) is 35.4 Å². The van der Waals surface area contributed by atoms with E-state index >= 15 is 0 Å². The number of hydrogen-bond donors (Lipinski definition) is 1. The molecule has 6 nitrogen and oxygen atoms in total. The Hall–Kier alpha value is -1.44. The average Bonchev–Trinajstić information content (AvgIpc) is 2.42. The number of β-amino-alcohol motifs (C(OH)–C–C–N with tert-alkyl or cyclic N) is 1. The molecule has 0 amide bonds. The van der Waals surface area contributed by atoms with Crippen LogP contribution in [-0.2, 0) is 20.5 Å². The number of sulfonamides is 1. The molecule has 2 rings (SSSR count). The van der Waals surface area contributed by atoms with Gasteiger partial charge in [-0.15, -0.1) is 0 Å². The van der Waals surface area contributed by atoms with Gasteiger partial charge in [0.25, 0.3) is 0 Å². The fourth-order valence-electron chi connectivity index (χ4n) is 2.24. The fourth-order valence-corrected chi connectivity index (χ4v) is 3.90. The van der Waals surface area contributed by atoms with Crippen molar-refractivity contribution < 1.29 is 23.1 Å². The van der Waals surface area contributed by atoms with Crippen LogP contribution in [0.2, 0.25) is 0 Å². The van der Waals surface area contributed by atoms with E-state index in [2.05, 4.69) is 4.74 Å². The molecule has 1 saturated heterocycles. The minimum atomic E-state index is -3.49. The minimum absolute atomic E-state index is 0.128. The van der Waals surface area contributed by atoms with E-state index in [9.17, 15) is 18.3 Å². The molecule has 0 atom stereocenters. The van der Waals surface area contributed by atoms with Crippen LogP contribution in [0, 0.1) is 0 Å². The molecule has 21 heavy (non-hydrogen) atoms. The largest absolute Gasteiger partial charge is 0.465 e. The molecule has 1 aliphatic rings. The van der Waals surface area contributed by atoms with Crippen molar-refractivity contribution in [3.63, 3.8) is 0 Å². The van der Waals surface area contributed by atoms with Crippen molar-refractivity contribution >= 4 is 16.0 Å². The summed E-state index contributed by atoms with van der Waals surface area (Å²) in [5.41, 5.74) is -0.0651. The lowest BCUT2D eigenvalue weighted by Gasteiger charge is -2.44. The monoisotopic (exact) mass is 313 g/mol. The van der Waals surface area contributed by atoms with Gasteiger partial charge in [-0.05, 0) is 24.1 Å². The predicted octanol–water partition coefficient (Wildman–Crippen LogP) is 0.760. The molecule has 1 aliphatic heterocycles. The average molecular weight is 313 g/mol. The van der Waals surface area contributed by atoms with Crippen molar-refractivity contribution in [1.29, 1.82) is 0 Å². The van der Waals surface area contributed by atoms with E-state index < -0.39 is 21.6 Å². The summed E-state index contributed by atoms with van der Waals surface area (Å²) in [4.78, 5) is 11.4. The molecule has 0 aromatic heterocycles. The number of aliphatic hydroxyl groups is 1. The molecule has 0 aliphatic carbocycles. The zero-order valence-corrected chi connectivity index (χ0v) is 12.9. The van der Waals surface area contributed by atoms with Crippen LogP contribution >= 0.6 is 0 Å². The Kier molecular flexibility index (Phi) is 4.36. The van der Waals surface area contributed by atoms with E-state index in [4.69, 9.17) is 0 Å². The van der Waals surface area contributed by atoms with Crippen molar-refractivity contribution in [2.24, 2.45) is 0 Å². The highest BCUT2D eigenvalue weighted by atomic mass is 32.2. The first-order valence-corrected chi connectivity index (χ1v) is 8.28. The first kappa shape index (κ1) is 15.9. The van der Waals surface area contributed by atoms with Crippen LogP contribution in [-0.4, -0.2) is 49.6 Å². The Labute approximate surface area is 124 Å². The van der Waals surface area contributed by atoms with Gasteiger partial charge in [-0.1, -0.05) is 19.1 Å². The maximum atomic E-state index is 12.2. The minimum Gasteiger partial charge on any atom is -0.465 e. The number of carbonyl (C=O) groups is 1. The highest BCUT2D eigenvalue weighted by Gasteiger charge is 2.45. The van der Waals surface area contributed by atoms with Crippen LogP contribution in [0.3, 0.4) is 0 Å². The molecule has 1 N–H and O–H groups in total. The normalized spacial score (nSPS) is 18.0. The number of methoxy groups -OCH3 is 1. The van der Waals surface area contributed by atoms with Gasteiger partial charge in [0.1, 0.15) is 0 Å². The van der Waals surface area contributed by atoms with Crippen molar-refractivity contribution in [1.82, 2.24) is 4.31 Å². The second-order valence-corrected chi connectivity index (χ2v) is 7.26. The van der Waals surface area contributed by atoms with E-state index in [-0.39, 0.29) is 18.8 Å². The molecule has 1 aromatic carbocycles. The summed E-state index contributed by atoms with van der Waals surface area (Å²) in [6, 6.07) is 6.35. The van der Waals surface area contributed by atoms with Crippen LogP contribution in [0.1, 0.15) is 29.3 Å². The van der Waals surface area contributed by atoms with Gasteiger partial charge < -0.3 is 9.84 Å². The summed E-state index contributed by atoms with van der Waals surface area (Å²) in [6.45, 7) is 2.08. The summed E-state index contributed by atoms with van der Waals surface area (Å²) >= 11 is 0. The Bertz CT molecular complexity index is 635. The zero-order valence-electron chi connectivity index (χ0n) is 12.1. The topological polar surface area (TPSA) is 83.9 Å². The van der Waals surface area contributed by atoms with E-state index in [0.29, 0.717) is 17.5 Å². The Morgan fingerprint density at radius 2 is 2.10 bits per heavy atom. The van der Waals surface area contributed by atoms with E-state index in [1.807, 2.05) is 6.92 Å². The van der Waals surface area contributed by atoms with E-state index in [1.54, 1.807) is 18.2 Å². The molecule has 1 fully saturated rings. The Morgan fingerprint density at radius 1 is 1.43 bits per heavy atom. The van der Waals surface area contributed by atoms with Gasteiger partial charge in [0.05, 0.1) is 24.0 Å². The number of ether oxygens (including phenoxy) is 1. The second-order valence-electron chi connectivity index (χ2n) is 5.29. The highest BCUT2D eigenvalue weighted by Crippen LogP contribution is 2.28. The lowest BCUT2D eigenvalue weighted by Crippen LogP contribution is -2.63. The van der Waals surface area contributed by atoms with Gasteiger partial charge >= 0.3 is 5.97 Å². The molecular formula is C14H19NO5S. The second kappa shape index (κ2) is 5.75. The van der Waals surface area contributed by atoms with Crippen LogP contribution in [0.5, 0.6) is 0 Å². The quantitative estimate of drug-likeness (QED) is 0.811. The van der Waals surface area contributed by atoms with Gasteiger partial charge in [-0.2, -0.15) is 4.31 Å². The fraction of sp³-hybridized carbons (Fsp3) is 0.500. The smallest absolute Gasteiger partial charge is 0.337 e. The molecule has 0 spiro atoms. The zero-order chi connectivity index (χ0) is 15.7. The van der Waals surface area contributed by atoms with Crippen LogP contribution in [0.4, 0.5) is 0 Å². The summed E-state index contributed by atoms with van der Waals surface area (Å²) in [5, 5.41) is 9.90. The third kappa shape index (κ3) is 3.42. The molecule has 1 heterocycles. The number of carbonyl (C=O) groups excluding carboxylic acids is 1. The lowest BCUT2D eigenvalue weighted by molar-refractivity contribution is -0.0614. The third-order valence-corrected chi connectivity index (χ3v) is 5.43.